The number of carbonyl (C=O) groups excluding carboxylic acids is 2. The number of hydrogen-bond donors (Lipinski definition) is 1. The Morgan fingerprint density at radius 1 is 1.00 bits per heavy atom. The Balaban J connectivity index is 1.62. The molecular formula is C22H20ClN3O5S. The topological polar surface area (TPSA) is 113 Å². The molecular weight excluding hydrogens is 454 g/mol. The number of anilines is 1. The lowest BCUT2D eigenvalue weighted by atomic mass is 10.1. The Labute approximate surface area is 192 Å². The highest BCUT2D eigenvalue weighted by Crippen LogP contribution is 2.24. The van der Waals surface area contributed by atoms with Crippen LogP contribution in [0.1, 0.15) is 26.3 Å². The van der Waals surface area contributed by atoms with Crippen LogP contribution in [0.3, 0.4) is 0 Å². The van der Waals surface area contributed by atoms with Crippen molar-refractivity contribution in [1.29, 1.82) is 0 Å². The first-order chi connectivity index (χ1) is 15.2. The Kier molecular flexibility index (Phi) is 7.22. The lowest BCUT2D eigenvalue weighted by Crippen LogP contribution is -2.42. The maximum Gasteiger partial charge on any atom is 0.338 e. The number of benzene rings is 2. The number of carbonyl (C=O) groups is 2. The molecule has 3 aromatic rings. The number of nitrogens with zero attached hydrogens (tertiary/aromatic N) is 2. The van der Waals surface area contributed by atoms with Gasteiger partial charge in [0.05, 0.1) is 5.56 Å². The minimum atomic E-state index is -0.839. The van der Waals surface area contributed by atoms with E-state index < -0.39 is 35.2 Å². The Morgan fingerprint density at radius 2 is 1.62 bits per heavy atom. The van der Waals surface area contributed by atoms with Gasteiger partial charge in [0.25, 0.3) is 5.56 Å². The first-order valence-electron chi connectivity index (χ1n) is 9.42. The predicted octanol–water partition coefficient (Wildman–Crippen LogP) is 2.65. The van der Waals surface area contributed by atoms with Gasteiger partial charge in [0.2, 0.25) is 5.78 Å². The summed E-state index contributed by atoms with van der Waals surface area (Å²) in [6.45, 7) is -0.676. The highest BCUT2D eigenvalue weighted by atomic mass is 35.5. The van der Waals surface area contributed by atoms with Gasteiger partial charge >= 0.3 is 11.7 Å². The van der Waals surface area contributed by atoms with Gasteiger partial charge in [-0.15, -0.1) is 11.8 Å². The highest BCUT2D eigenvalue weighted by molar-refractivity contribution is 7.98. The zero-order chi connectivity index (χ0) is 23.4. The predicted molar refractivity (Wildman–Crippen MR) is 123 cm³/mol. The molecule has 0 unspecified atom stereocenters. The SMILES string of the molecule is Cn1c(N)c(C(=O)COC(=O)c2ccc(CSc3ccc(Cl)cc3)cc2)c(=O)n(C)c1=O. The Morgan fingerprint density at radius 3 is 2.25 bits per heavy atom. The lowest BCUT2D eigenvalue weighted by Gasteiger charge is -2.11. The van der Waals surface area contributed by atoms with E-state index in [1.165, 1.54) is 14.1 Å². The molecule has 0 saturated carbocycles. The van der Waals surface area contributed by atoms with Crippen LogP contribution in [0.2, 0.25) is 5.02 Å². The molecule has 2 aromatic carbocycles. The fraction of sp³-hybridized carbons (Fsp3) is 0.182. The second-order valence-corrected chi connectivity index (χ2v) is 8.39. The van der Waals surface area contributed by atoms with E-state index in [9.17, 15) is 19.2 Å². The zero-order valence-corrected chi connectivity index (χ0v) is 18.9. The van der Waals surface area contributed by atoms with Gasteiger partial charge in [-0.1, -0.05) is 23.7 Å². The molecule has 0 aliphatic heterocycles. The summed E-state index contributed by atoms with van der Waals surface area (Å²) in [7, 11) is 2.58. The van der Waals surface area contributed by atoms with Crippen molar-refractivity contribution in [2.45, 2.75) is 10.6 Å². The summed E-state index contributed by atoms with van der Waals surface area (Å²) in [5.41, 5.74) is 5.12. The number of nitrogen functional groups attached to an aromatic ring is 1. The molecule has 1 aromatic heterocycles. The van der Waals surface area contributed by atoms with Gasteiger partial charge in [-0.25, -0.2) is 9.59 Å². The monoisotopic (exact) mass is 473 g/mol. The van der Waals surface area contributed by atoms with Gasteiger partial charge in [-0.3, -0.25) is 18.7 Å². The third-order valence-corrected chi connectivity index (χ3v) is 6.07. The maximum absolute atomic E-state index is 12.4. The van der Waals surface area contributed by atoms with Crippen molar-refractivity contribution in [2.75, 3.05) is 12.3 Å². The van der Waals surface area contributed by atoms with Crippen molar-refractivity contribution in [3.05, 3.63) is 91.1 Å². The molecule has 10 heteroatoms. The Bertz CT molecular complexity index is 1280. The molecule has 1 heterocycles. The number of ether oxygens (including phenoxy) is 1. The summed E-state index contributed by atoms with van der Waals surface area (Å²) >= 11 is 7.51. The molecule has 0 fully saturated rings. The fourth-order valence-electron chi connectivity index (χ4n) is 2.84. The molecule has 0 saturated heterocycles. The van der Waals surface area contributed by atoms with Crippen molar-refractivity contribution in [1.82, 2.24) is 9.13 Å². The van der Waals surface area contributed by atoms with E-state index in [0.717, 1.165) is 19.6 Å². The number of nitrogens with two attached hydrogens (primary N) is 1. The third-order valence-electron chi connectivity index (χ3n) is 4.73. The van der Waals surface area contributed by atoms with Crippen LogP contribution >= 0.6 is 23.4 Å². The molecule has 0 aliphatic carbocycles. The van der Waals surface area contributed by atoms with Crippen molar-refractivity contribution in [3.8, 4) is 0 Å². The molecule has 32 heavy (non-hydrogen) atoms. The van der Waals surface area contributed by atoms with Crippen molar-refractivity contribution < 1.29 is 14.3 Å². The highest BCUT2D eigenvalue weighted by Gasteiger charge is 2.21. The largest absolute Gasteiger partial charge is 0.454 e. The van der Waals surface area contributed by atoms with E-state index in [4.69, 9.17) is 22.1 Å². The normalized spacial score (nSPS) is 10.7. The number of halogens is 1. The van der Waals surface area contributed by atoms with E-state index in [1.807, 2.05) is 24.3 Å². The number of aromatic nitrogens is 2. The number of esters is 1. The second-order valence-electron chi connectivity index (χ2n) is 6.90. The molecule has 0 bridgehead atoms. The van der Waals surface area contributed by atoms with Crippen LogP contribution in [0.5, 0.6) is 0 Å². The zero-order valence-electron chi connectivity index (χ0n) is 17.3. The lowest BCUT2D eigenvalue weighted by molar-refractivity contribution is 0.0474. The summed E-state index contributed by atoms with van der Waals surface area (Å²) in [4.78, 5) is 49.9. The first kappa shape index (κ1) is 23.4. The first-order valence-corrected chi connectivity index (χ1v) is 10.8. The van der Waals surface area contributed by atoms with E-state index in [0.29, 0.717) is 10.8 Å². The number of thioether (sulfide) groups is 1. The van der Waals surface area contributed by atoms with Gasteiger partial charge in [0.1, 0.15) is 11.4 Å². The maximum atomic E-state index is 12.4. The molecule has 0 radical (unpaired) electrons. The molecule has 2 N–H and O–H groups in total. The Hall–Kier alpha value is -3.30. The van der Waals surface area contributed by atoms with Crippen LogP contribution in [0, 0.1) is 0 Å². The van der Waals surface area contributed by atoms with E-state index in [1.54, 1.807) is 36.0 Å². The smallest absolute Gasteiger partial charge is 0.338 e. The van der Waals surface area contributed by atoms with E-state index >= 15 is 0 Å². The summed E-state index contributed by atoms with van der Waals surface area (Å²) in [5.74, 6) is -1.08. The quantitative estimate of drug-likeness (QED) is 0.319. The summed E-state index contributed by atoms with van der Waals surface area (Å²) in [6, 6.07) is 14.3. The number of Topliss-reactive ketones (excluding diaryl/α,β-unsaturated/α-hetero) is 1. The second kappa shape index (κ2) is 9.88. The van der Waals surface area contributed by atoms with Crippen LogP contribution < -0.4 is 17.0 Å². The molecule has 3 rings (SSSR count). The van der Waals surface area contributed by atoms with Crippen LogP contribution in [0.25, 0.3) is 0 Å². The third kappa shape index (κ3) is 5.12. The minimum absolute atomic E-state index is 0.263. The van der Waals surface area contributed by atoms with Crippen molar-refractivity contribution in [3.63, 3.8) is 0 Å². The van der Waals surface area contributed by atoms with E-state index in [-0.39, 0.29) is 11.4 Å². The average Bonchev–Trinajstić information content (AvgIpc) is 2.80. The van der Waals surface area contributed by atoms with Crippen molar-refractivity contribution in [2.24, 2.45) is 14.1 Å². The standard InChI is InChI=1S/C22H20ClN3O5S/c1-25-19(24)18(20(28)26(2)22(25)30)17(27)11-31-21(29)14-5-3-13(4-6-14)12-32-16-9-7-15(23)8-10-16/h3-10H,11-12,24H2,1-2H3. The number of hydrogen-bond acceptors (Lipinski definition) is 7. The summed E-state index contributed by atoms with van der Waals surface area (Å²) in [5, 5.41) is 0.676. The van der Waals surface area contributed by atoms with Crippen LogP contribution in [0.15, 0.2) is 63.0 Å². The molecule has 8 nitrogen and oxygen atoms in total. The van der Waals surface area contributed by atoms with Gasteiger partial charge in [-0.2, -0.15) is 0 Å². The van der Waals surface area contributed by atoms with Crippen LogP contribution in [0.4, 0.5) is 5.82 Å². The van der Waals surface area contributed by atoms with Crippen LogP contribution in [-0.2, 0) is 24.6 Å². The molecule has 0 amide bonds. The van der Waals surface area contributed by atoms with Gasteiger partial charge in [0, 0.05) is 29.8 Å². The molecule has 0 aliphatic rings. The van der Waals surface area contributed by atoms with Gasteiger partial charge in [0.15, 0.2) is 6.61 Å². The number of rotatable bonds is 7. The fourth-order valence-corrected chi connectivity index (χ4v) is 3.82. The number of ketones is 1. The molecule has 0 atom stereocenters. The van der Waals surface area contributed by atoms with Gasteiger partial charge in [-0.05, 0) is 42.0 Å². The minimum Gasteiger partial charge on any atom is -0.454 e. The average molecular weight is 474 g/mol. The summed E-state index contributed by atoms with van der Waals surface area (Å²) in [6.07, 6.45) is 0. The molecule has 0 spiro atoms. The van der Waals surface area contributed by atoms with Gasteiger partial charge < -0.3 is 10.5 Å². The van der Waals surface area contributed by atoms with Crippen LogP contribution in [-0.4, -0.2) is 27.5 Å². The van der Waals surface area contributed by atoms with Crippen molar-refractivity contribution >= 4 is 40.9 Å². The summed E-state index contributed by atoms with van der Waals surface area (Å²) < 4.78 is 6.80. The van der Waals surface area contributed by atoms with E-state index in [2.05, 4.69) is 0 Å². The molecule has 166 valence electrons.